The van der Waals surface area contributed by atoms with E-state index in [0.717, 1.165) is 20.8 Å². The zero-order valence-electron chi connectivity index (χ0n) is 8.17. The van der Waals surface area contributed by atoms with E-state index in [-0.39, 0.29) is 0 Å². The number of nitrogens with zero attached hydrogens (tertiary/aromatic N) is 1. The third-order valence-corrected chi connectivity index (χ3v) is 3.27. The highest BCUT2D eigenvalue weighted by Gasteiger charge is 2.01. The summed E-state index contributed by atoms with van der Waals surface area (Å²) in [5.41, 5.74) is 3.22. The molecule has 15 heavy (non-hydrogen) atoms. The molecule has 0 unspecified atom stereocenters. The zero-order chi connectivity index (χ0) is 10.8. The van der Waals surface area contributed by atoms with Crippen LogP contribution in [0.4, 0.5) is 0 Å². The first-order valence-electron chi connectivity index (χ1n) is 4.55. The Morgan fingerprint density at radius 1 is 1.20 bits per heavy atom. The van der Waals surface area contributed by atoms with Gasteiger partial charge >= 0.3 is 0 Å². The van der Waals surface area contributed by atoms with E-state index < -0.39 is 0 Å². The largest absolute Gasteiger partial charge is 0.255 e. The predicted octanol–water partition coefficient (Wildman–Crippen LogP) is 4.47. The molecule has 0 atom stereocenters. The van der Waals surface area contributed by atoms with Gasteiger partial charge in [0.05, 0.1) is 5.69 Å². The van der Waals surface area contributed by atoms with E-state index in [1.807, 2.05) is 43.5 Å². The molecule has 2 rings (SSSR count). The van der Waals surface area contributed by atoms with Crippen molar-refractivity contribution < 1.29 is 0 Å². The molecule has 0 fully saturated rings. The summed E-state index contributed by atoms with van der Waals surface area (Å²) in [7, 11) is 0. The van der Waals surface area contributed by atoms with E-state index in [4.69, 9.17) is 11.6 Å². The lowest BCUT2D eigenvalue weighted by Gasteiger charge is -2.03. The Morgan fingerprint density at radius 2 is 1.87 bits per heavy atom. The molecule has 3 heteroatoms. The Labute approximate surface area is 102 Å². The molecular formula is C12H9BrClN. The van der Waals surface area contributed by atoms with Crippen LogP contribution in [-0.4, -0.2) is 4.98 Å². The van der Waals surface area contributed by atoms with Gasteiger partial charge in [0.15, 0.2) is 0 Å². The van der Waals surface area contributed by atoms with Crippen LogP contribution >= 0.6 is 27.5 Å². The summed E-state index contributed by atoms with van der Waals surface area (Å²) in [5, 5.41) is 0.743. The number of benzene rings is 1. The molecule has 2 aromatic rings. The summed E-state index contributed by atoms with van der Waals surface area (Å²) >= 11 is 9.26. The molecule has 0 amide bonds. The molecule has 0 bridgehead atoms. The average molecular weight is 283 g/mol. The van der Waals surface area contributed by atoms with Crippen molar-refractivity contribution in [1.29, 1.82) is 0 Å². The van der Waals surface area contributed by atoms with Gasteiger partial charge in [0, 0.05) is 21.3 Å². The van der Waals surface area contributed by atoms with Crippen molar-refractivity contribution in [2.24, 2.45) is 0 Å². The average Bonchev–Trinajstić information content (AvgIpc) is 2.23. The smallest absolute Gasteiger partial charge is 0.0705 e. The number of aromatic nitrogens is 1. The maximum absolute atomic E-state index is 5.83. The minimum atomic E-state index is 0.743. The molecule has 0 radical (unpaired) electrons. The molecule has 1 nitrogen and oxygen atoms in total. The summed E-state index contributed by atoms with van der Waals surface area (Å²) in [4.78, 5) is 4.35. The molecule has 0 aliphatic carbocycles. The predicted molar refractivity (Wildman–Crippen MR) is 67.1 cm³/mol. The summed E-state index contributed by atoms with van der Waals surface area (Å²) < 4.78 is 1.03. The zero-order valence-corrected chi connectivity index (χ0v) is 10.5. The summed E-state index contributed by atoms with van der Waals surface area (Å²) in [6.45, 7) is 2.05. The van der Waals surface area contributed by atoms with Crippen LogP contribution in [0.25, 0.3) is 11.3 Å². The first-order valence-corrected chi connectivity index (χ1v) is 5.72. The first kappa shape index (κ1) is 10.7. The van der Waals surface area contributed by atoms with E-state index in [9.17, 15) is 0 Å². The molecule has 1 aromatic heterocycles. The standard InChI is InChI=1S/C12H9BrClN/c1-8-6-12(15-7-11(8)13)9-2-4-10(14)5-3-9/h2-7H,1H3. The molecule has 1 aromatic carbocycles. The second kappa shape index (κ2) is 4.33. The van der Waals surface area contributed by atoms with Crippen LogP contribution in [0.1, 0.15) is 5.56 Å². The lowest BCUT2D eigenvalue weighted by molar-refractivity contribution is 1.26. The fourth-order valence-electron chi connectivity index (χ4n) is 1.32. The fourth-order valence-corrected chi connectivity index (χ4v) is 1.66. The van der Waals surface area contributed by atoms with Crippen LogP contribution in [0.15, 0.2) is 41.0 Å². The van der Waals surface area contributed by atoms with E-state index in [1.54, 1.807) is 0 Å². The van der Waals surface area contributed by atoms with Gasteiger partial charge in [0.2, 0.25) is 0 Å². The molecule has 0 aliphatic heterocycles. The van der Waals surface area contributed by atoms with Gasteiger partial charge in [-0.25, -0.2) is 0 Å². The molecule has 0 saturated carbocycles. The van der Waals surface area contributed by atoms with Crippen molar-refractivity contribution in [3.8, 4) is 11.3 Å². The molecular weight excluding hydrogens is 273 g/mol. The maximum Gasteiger partial charge on any atom is 0.0705 e. The van der Waals surface area contributed by atoms with Gasteiger partial charge in [-0.05, 0) is 46.6 Å². The third-order valence-electron chi connectivity index (χ3n) is 2.19. The molecule has 0 N–H and O–H groups in total. The van der Waals surface area contributed by atoms with Crippen LogP contribution in [0.2, 0.25) is 5.02 Å². The number of pyridine rings is 1. The van der Waals surface area contributed by atoms with Crippen LogP contribution in [-0.2, 0) is 0 Å². The highest BCUT2D eigenvalue weighted by atomic mass is 79.9. The molecule has 0 saturated heterocycles. The van der Waals surface area contributed by atoms with Crippen molar-refractivity contribution in [2.75, 3.05) is 0 Å². The van der Waals surface area contributed by atoms with Crippen molar-refractivity contribution in [3.63, 3.8) is 0 Å². The van der Waals surface area contributed by atoms with Crippen LogP contribution in [0.5, 0.6) is 0 Å². The topological polar surface area (TPSA) is 12.9 Å². The lowest BCUT2D eigenvalue weighted by Crippen LogP contribution is -1.85. The minimum absolute atomic E-state index is 0.743. The third kappa shape index (κ3) is 2.39. The van der Waals surface area contributed by atoms with E-state index >= 15 is 0 Å². The SMILES string of the molecule is Cc1cc(-c2ccc(Cl)cc2)ncc1Br. The van der Waals surface area contributed by atoms with Gasteiger partial charge in [-0.2, -0.15) is 0 Å². The van der Waals surface area contributed by atoms with Gasteiger partial charge in [-0.3, -0.25) is 4.98 Å². The Balaban J connectivity index is 2.45. The van der Waals surface area contributed by atoms with E-state index in [0.29, 0.717) is 0 Å². The van der Waals surface area contributed by atoms with Gasteiger partial charge < -0.3 is 0 Å². The van der Waals surface area contributed by atoms with E-state index in [1.165, 1.54) is 5.56 Å². The highest BCUT2D eigenvalue weighted by Crippen LogP contribution is 2.23. The van der Waals surface area contributed by atoms with Crippen molar-refractivity contribution in [1.82, 2.24) is 4.98 Å². The number of rotatable bonds is 1. The highest BCUT2D eigenvalue weighted by molar-refractivity contribution is 9.10. The monoisotopic (exact) mass is 281 g/mol. The number of hydrogen-bond acceptors (Lipinski definition) is 1. The van der Waals surface area contributed by atoms with Crippen LogP contribution in [0, 0.1) is 6.92 Å². The maximum atomic E-state index is 5.83. The van der Waals surface area contributed by atoms with Gasteiger partial charge in [-0.15, -0.1) is 0 Å². The number of halogens is 2. The summed E-state index contributed by atoms with van der Waals surface area (Å²) in [6.07, 6.45) is 1.82. The Bertz CT molecular complexity index is 479. The van der Waals surface area contributed by atoms with Gasteiger partial charge in [0.25, 0.3) is 0 Å². The second-order valence-corrected chi connectivity index (χ2v) is 4.62. The number of aryl methyl sites for hydroxylation is 1. The molecule has 0 spiro atoms. The Morgan fingerprint density at radius 3 is 2.47 bits per heavy atom. The van der Waals surface area contributed by atoms with E-state index in [2.05, 4.69) is 20.9 Å². The number of hydrogen-bond donors (Lipinski definition) is 0. The second-order valence-electron chi connectivity index (χ2n) is 3.33. The minimum Gasteiger partial charge on any atom is -0.255 e. The first-order chi connectivity index (χ1) is 7.16. The summed E-state index contributed by atoms with van der Waals surface area (Å²) in [6, 6.07) is 9.73. The molecule has 76 valence electrons. The summed E-state index contributed by atoms with van der Waals surface area (Å²) in [5.74, 6) is 0. The molecule has 0 aliphatic rings. The van der Waals surface area contributed by atoms with Crippen molar-refractivity contribution in [3.05, 3.63) is 51.6 Å². The van der Waals surface area contributed by atoms with Gasteiger partial charge in [-0.1, -0.05) is 23.7 Å². The van der Waals surface area contributed by atoms with Crippen molar-refractivity contribution >= 4 is 27.5 Å². The van der Waals surface area contributed by atoms with Crippen LogP contribution in [0.3, 0.4) is 0 Å². The Hall–Kier alpha value is -0.860. The van der Waals surface area contributed by atoms with Crippen molar-refractivity contribution in [2.45, 2.75) is 6.92 Å². The molecule has 1 heterocycles. The fraction of sp³-hybridized carbons (Fsp3) is 0.0833. The lowest BCUT2D eigenvalue weighted by atomic mass is 10.1. The Kier molecular flexibility index (Phi) is 3.08. The van der Waals surface area contributed by atoms with Crippen LogP contribution < -0.4 is 0 Å². The quantitative estimate of drug-likeness (QED) is 0.752. The normalized spacial score (nSPS) is 10.3. The van der Waals surface area contributed by atoms with Gasteiger partial charge in [0.1, 0.15) is 0 Å².